The topological polar surface area (TPSA) is 51.0 Å². The van der Waals surface area contributed by atoms with E-state index >= 15 is 0 Å². The predicted molar refractivity (Wildman–Crippen MR) is 104 cm³/mol. The van der Waals surface area contributed by atoms with Gasteiger partial charge in [-0.25, -0.2) is 8.42 Å². The predicted octanol–water partition coefficient (Wildman–Crippen LogP) is 1.90. The Balaban J connectivity index is 1.70. The van der Waals surface area contributed by atoms with Crippen molar-refractivity contribution in [1.82, 2.24) is 4.31 Å². The van der Waals surface area contributed by atoms with Crippen molar-refractivity contribution in [1.29, 1.82) is 0 Å². The van der Waals surface area contributed by atoms with Gasteiger partial charge in [0, 0.05) is 29.4 Å². The number of nitrogens with one attached hydrogen (secondary N) is 1. The zero-order valence-corrected chi connectivity index (χ0v) is 17.0. The summed E-state index contributed by atoms with van der Waals surface area (Å²) < 4.78 is 33.2. The molecule has 0 spiro atoms. The zero-order valence-electron chi connectivity index (χ0n) is 14.6. The van der Waals surface area contributed by atoms with E-state index in [0.29, 0.717) is 18.1 Å². The van der Waals surface area contributed by atoms with Crippen LogP contribution in [0.15, 0.2) is 46.7 Å². The number of benzene rings is 1. The van der Waals surface area contributed by atoms with Gasteiger partial charge in [-0.1, -0.05) is 17.7 Å². The van der Waals surface area contributed by atoms with Crippen molar-refractivity contribution < 1.29 is 18.1 Å². The van der Waals surface area contributed by atoms with Crippen molar-refractivity contribution in [3.63, 3.8) is 0 Å². The van der Waals surface area contributed by atoms with Crippen LogP contribution >= 0.6 is 22.9 Å². The lowest BCUT2D eigenvalue weighted by Crippen LogP contribution is -3.14. The fourth-order valence-corrected chi connectivity index (χ4v) is 5.42. The zero-order chi connectivity index (χ0) is 18.4. The molecule has 2 aromatic rings. The summed E-state index contributed by atoms with van der Waals surface area (Å²) in [7, 11) is -3.55. The van der Waals surface area contributed by atoms with E-state index < -0.39 is 10.0 Å². The van der Waals surface area contributed by atoms with Gasteiger partial charge in [-0.15, -0.1) is 11.3 Å². The van der Waals surface area contributed by atoms with E-state index in [1.54, 1.807) is 39.9 Å². The first kappa shape index (κ1) is 19.8. The van der Waals surface area contributed by atoms with Crippen LogP contribution in [0.1, 0.15) is 11.3 Å². The minimum Gasteiger partial charge on any atom is -0.370 e. The highest BCUT2D eigenvalue weighted by molar-refractivity contribution is 7.89. The number of quaternary nitrogens is 1. The number of ether oxygens (including phenoxy) is 1. The third kappa shape index (κ3) is 5.28. The molecule has 142 valence electrons. The monoisotopic (exact) mass is 415 g/mol. The summed E-state index contributed by atoms with van der Waals surface area (Å²) in [6, 6.07) is 10.3. The Kier molecular flexibility index (Phi) is 7.08. The first-order valence-electron chi connectivity index (χ1n) is 8.75. The second kappa shape index (κ2) is 9.30. The highest BCUT2D eigenvalue weighted by Crippen LogP contribution is 2.22. The smallest absolute Gasteiger partial charge is 0.243 e. The van der Waals surface area contributed by atoms with Gasteiger partial charge in [-0.05, 0) is 35.7 Å². The van der Waals surface area contributed by atoms with Gasteiger partial charge in [-0.3, -0.25) is 0 Å². The fourth-order valence-electron chi connectivity index (χ4n) is 3.03. The van der Waals surface area contributed by atoms with Crippen molar-refractivity contribution in [3.8, 4) is 0 Å². The molecule has 26 heavy (non-hydrogen) atoms. The minimum atomic E-state index is -3.55. The summed E-state index contributed by atoms with van der Waals surface area (Å²) in [5, 5.41) is 2.50. The largest absolute Gasteiger partial charge is 0.370 e. The summed E-state index contributed by atoms with van der Waals surface area (Å²) >= 11 is 7.48. The van der Waals surface area contributed by atoms with Gasteiger partial charge >= 0.3 is 0 Å². The number of morpholine rings is 1. The normalized spacial score (nSPS) is 16.2. The van der Waals surface area contributed by atoms with E-state index in [1.165, 1.54) is 4.90 Å². The summed E-state index contributed by atoms with van der Waals surface area (Å²) in [6.45, 7) is 5.44. The molecule has 1 saturated heterocycles. The van der Waals surface area contributed by atoms with E-state index in [0.717, 1.165) is 44.1 Å². The molecular weight excluding hydrogens is 392 g/mol. The standard InChI is InChI=1S/C18H23ClN2O3S2/c19-16-4-6-18(7-5-16)26(22,23)21(15-17-3-1-14-25-17)9-2-8-20-10-12-24-13-11-20/h1,3-7,14H,2,8-13,15H2/p+1. The van der Waals surface area contributed by atoms with Gasteiger partial charge < -0.3 is 9.64 Å². The third-order valence-electron chi connectivity index (χ3n) is 4.50. The van der Waals surface area contributed by atoms with E-state index in [-0.39, 0.29) is 4.90 Å². The molecule has 0 atom stereocenters. The SMILES string of the molecule is O=S(=O)(c1ccc(Cl)cc1)N(CCC[NH+]1CCOCC1)Cc1cccs1. The molecule has 0 unspecified atom stereocenters. The number of sulfonamides is 1. The van der Waals surface area contributed by atoms with Crippen LogP contribution in [0.2, 0.25) is 5.02 Å². The second-order valence-corrected chi connectivity index (χ2v) is 9.74. The van der Waals surface area contributed by atoms with Crippen LogP contribution in [0.25, 0.3) is 0 Å². The Morgan fingerprint density at radius 1 is 1.15 bits per heavy atom. The van der Waals surface area contributed by atoms with Gasteiger partial charge in [0.1, 0.15) is 13.1 Å². The highest BCUT2D eigenvalue weighted by atomic mass is 35.5. The van der Waals surface area contributed by atoms with Crippen molar-refractivity contribution in [2.75, 3.05) is 39.4 Å². The van der Waals surface area contributed by atoms with Gasteiger partial charge in [-0.2, -0.15) is 4.31 Å². The van der Waals surface area contributed by atoms with Crippen LogP contribution in [0.3, 0.4) is 0 Å². The number of halogens is 1. The quantitative estimate of drug-likeness (QED) is 0.716. The Morgan fingerprint density at radius 3 is 2.54 bits per heavy atom. The van der Waals surface area contributed by atoms with Crippen molar-refractivity contribution >= 4 is 33.0 Å². The summed E-state index contributed by atoms with van der Waals surface area (Å²) in [6.07, 6.45) is 0.827. The van der Waals surface area contributed by atoms with Gasteiger partial charge in [0.25, 0.3) is 0 Å². The molecule has 0 aliphatic carbocycles. The molecule has 1 aliphatic rings. The first-order chi connectivity index (χ1) is 12.6. The lowest BCUT2D eigenvalue weighted by Gasteiger charge is -2.26. The van der Waals surface area contributed by atoms with Crippen molar-refractivity contribution in [2.24, 2.45) is 0 Å². The van der Waals surface area contributed by atoms with Gasteiger partial charge in [0.15, 0.2) is 0 Å². The number of thiophene rings is 1. The Labute approximate surface area is 164 Å². The average Bonchev–Trinajstić information content (AvgIpc) is 3.15. The van der Waals surface area contributed by atoms with Crippen LogP contribution < -0.4 is 4.90 Å². The Bertz CT molecular complexity index is 773. The highest BCUT2D eigenvalue weighted by Gasteiger charge is 2.25. The van der Waals surface area contributed by atoms with E-state index in [9.17, 15) is 8.42 Å². The Morgan fingerprint density at radius 2 is 1.88 bits per heavy atom. The molecule has 1 fully saturated rings. The molecule has 3 rings (SSSR count). The van der Waals surface area contributed by atoms with Crippen LogP contribution in [0, 0.1) is 0 Å². The van der Waals surface area contributed by atoms with Crippen LogP contribution in [-0.2, 0) is 21.3 Å². The maximum Gasteiger partial charge on any atom is 0.243 e. The number of hydrogen-bond acceptors (Lipinski definition) is 4. The van der Waals surface area contributed by atoms with Crippen molar-refractivity contribution in [3.05, 3.63) is 51.7 Å². The van der Waals surface area contributed by atoms with E-state index in [1.807, 2.05) is 17.5 Å². The molecule has 8 heteroatoms. The fraction of sp³-hybridized carbons (Fsp3) is 0.444. The molecule has 0 amide bonds. The van der Waals surface area contributed by atoms with E-state index in [4.69, 9.17) is 16.3 Å². The maximum absolute atomic E-state index is 13.1. The molecule has 1 N–H and O–H groups in total. The molecule has 0 bridgehead atoms. The van der Waals surface area contributed by atoms with E-state index in [2.05, 4.69) is 0 Å². The summed E-state index contributed by atoms with van der Waals surface area (Å²) in [4.78, 5) is 2.81. The molecule has 5 nitrogen and oxygen atoms in total. The molecule has 1 aliphatic heterocycles. The second-order valence-electron chi connectivity index (χ2n) is 6.34. The number of rotatable bonds is 8. The van der Waals surface area contributed by atoms with Crippen LogP contribution in [0.5, 0.6) is 0 Å². The first-order valence-corrected chi connectivity index (χ1v) is 11.4. The number of hydrogen-bond donors (Lipinski definition) is 1. The summed E-state index contributed by atoms with van der Waals surface area (Å²) in [5.74, 6) is 0. The molecule has 1 aromatic carbocycles. The third-order valence-corrected chi connectivity index (χ3v) is 7.47. The molecule has 0 saturated carbocycles. The van der Waals surface area contributed by atoms with Crippen LogP contribution in [-0.4, -0.2) is 52.1 Å². The van der Waals surface area contributed by atoms with Crippen molar-refractivity contribution in [2.45, 2.75) is 17.9 Å². The van der Waals surface area contributed by atoms with Gasteiger partial charge in [0.05, 0.1) is 24.7 Å². The minimum absolute atomic E-state index is 0.289. The lowest BCUT2D eigenvalue weighted by atomic mass is 10.3. The molecule has 1 aromatic heterocycles. The number of nitrogens with zero attached hydrogens (tertiary/aromatic N) is 1. The lowest BCUT2D eigenvalue weighted by molar-refractivity contribution is -0.908. The molecular formula is C18H24ClN2O3S2+. The Hall–Kier alpha value is -0.960. The maximum atomic E-state index is 13.1. The summed E-state index contributed by atoms with van der Waals surface area (Å²) in [5.41, 5.74) is 0. The van der Waals surface area contributed by atoms with Crippen LogP contribution in [0.4, 0.5) is 0 Å². The van der Waals surface area contributed by atoms with Gasteiger partial charge in [0.2, 0.25) is 10.0 Å². The molecule has 0 radical (unpaired) electrons. The molecule has 2 heterocycles. The average molecular weight is 416 g/mol.